The summed E-state index contributed by atoms with van der Waals surface area (Å²) in [6.45, 7) is 12.6. The molecule has 7 unspecified atom stereocenters. The summed E-state index contributed by atoms with van der Waals surface area (Å²) in [7, 11) is 0. The van der Waals surface area contributed by atoms with Crippen molar-refractivity contribution < 1.29 is 0 Å². The Balaban J connectivity index is 1.60. The van der Waals surface area contributed by atoms with Gasteiger partial charge in [0.2, 0.25) is 0 Å². The summed E-state index contributed by atoms with van der Waals surface area (Å²) in [4.78, 5) is 0. The second-order valence-electron chi connectivity index (χ2n) is 11.8. The zero-order chi connectivity index (χ0) is 18.0. The van der Waals surface area contributed by atoms with Crippen LogP contribution in [0, 0.1) is 39.9 Å². The fourth-order valence-electron chi connectivity index (χ4n) is 7.87. The lowest BCUT2D eigenvalue weighted by Gasteiger charge is -2.58. The molecular weight excluding hydrogens is 302 g/mol. The minimum absolute atomic E-state index is 0.423. The van der Waals surface area contributed by atoms with Crippen LogP contribution in [-0.4, -0.2) is 6.04 Å². The highest BCUT2D eigenvalue weighted by atomic mass is 14.7. The second-order valence-corrected chi connectivity index (χ2v) is 11.8. The highest BCUT2D eigenvalue weighted by Crippen LogP contribution is 2.67. The Hall–Kier alpha value is -0.300. The summed E-state index contributed by atoms with van der Waals surface area (Å²) in [5.41, 5.74) is 9.61. The summed E-state index contributed by atoms with van der Waals surface area (Å²) >= 11 is 0. The van der Waals surface area contributed by atoms with Crippen LogP contribution in [0.15, 0.2) is 11.6 Å². The Morgan fingerprint density at radius 1 is 1.04 bits per heavy atom. The van der Waals surface area contributed by atoms with E-state index in [0.717, 1.165) is 23.7 Å². The molecule has 142 valence electrons. The molecule has 0 aromatic heterocycles. The average Bonchev–Trinajstić information content (AvgIpc) is 2.83. The Morgan fingerprint density at radius 2 is 1.80 bits per heavy atom. The number of rotatable bonds is 1. The first-order chi connectivity index (χ1) is 11.6. The summed E-state index contributed by atoms with van der Waals surface area (Å²) < 4.78 is 0. The molecule has 0 aromatic carbocycles. The predicted octanol–water partition coefficient (Wildman–Crippen LogP) is 6.33. The Morgan fingerprint density at radius 3 is 2.52 bits per heavy atom. The number of nitrogens with two attached hydrogens (primary N) is 1. The standard InChI is InChI=1S/C24H41N/c1-22(2,3)15-17-7-9-20-19-8-6-16-14-18(25)10-12-23(16,4)21(19)11-13-24(17,20)5/h6,17-21H,7-15,25H2,1-5H3. The van der Waals surface area contributed by atoms with Gasteiger partial charge in [0.05, 0.1) is 0 Å². The van der Waals surface area contributed by atoms with Crippen LogP contribution in [0.4, 0.5) is 0 Å². The van der Waals surface area contributed by atoms with E-state index in [1.807, 2.05) is 0 Å². The quantitative estimate of drug-likeness (QED) is 0.553. The second kappa shape index (κ2) is 5.85. The van der Waals surface area contributed by atoms with Crippen molar-refractivity contribution in [3.8, 4) is 0 Å². The molecule has 0 heterocycles. The van der Waals surface area contributed by atoms with Crippen molar-refractivity contribution in [1.82, 2.24) is 0 Å². The molecule has 4 rings (SSSR count). The lowest BCUT2D eigenvalue weighted by molar-refractivity contribution is -0.0473. The van der Waals surface area contributed by atoms with Crippen molar-refractivity contribution >= 4 is 0 Å². The van der Waals surface area contributed by atoms with Gasteiger partial charge in [0.1, 0.15) is 0 Å². The van der Waals surface area contributed by atoms with Gasteiger partial charge in [-0.15, -0.1) is 0 Å². The molecule has 4 aliphatic carbocycles. The third kappa shape index (κ3) is 2.84. The lowest BCUT2D eigenvalue weighted by Crippen LogP contribution is -2.51. The van der Waals surface area contributed by atoms with Gasteiger partial charge in [0.15, 0.2) is 0 Å². The molecule has 0 radical (unpaired) electrons. The molecule has 1 heteroatoms. The number of allylic oxidation sites excluding steroid dienone is 1. The molecule has 7 atom stereocenters. The third-order valence-corrected chi connectivity index (χ3v) is 9.20. The SMILES string of the molecule is CC(C)(C)CC1CCC2C3CC=C4CC(N)CCC4(C)C3CCC12C. The number of hydrogen-bond acceptors (Lipinski definition) is 1. The van der Waals surface area contributed by atoms with Crippen molar-refractivity contribution in [1.29, 1.82) is 0 Å². The number of fused-ring (bicyclic) bond motifs is 5. The van der Waals surface area contributed by atoms with Gasteiger partial charge in [-0.05, 0) is 97.7 Å². The minimum atomic E-state index is 0.423. The first kappa shape index (κ1) is 18.1. The maximum absolute atomic E-state index is 6.31. The Labute approximate surface area is 156 Å². The van der Waals surface area contributed by atoms with Gasteiger partial charge in [-0.1, -0.05) is 46.3 Å². The van der Waals surface area contributed by atoms with Crippen molar-refractivity contribution in [2.24, 2.45) is 45.7 Å². The van der Waals surface area contributed by atoms with Gasteiger partial charge < -0.3 is 5.73 Å². The van der Waals surface area contributed by atoms with Gasteiger partial charge in [-0.25, -0.2) is 0 Å². The fraction of sp³-hybridized carbons (Fsp3) is 0.917. The van der Waals surface area contributed by atoms with Crippen LogP contribution >= 0.6 is 0 Å². The predicted molar refractivity (Wildman–Crippen MR) is 107 cm³/mol. The molecular formula is C24H41N. The van der Waals surface area contributed by atoms with Crippen molar-refractivity contribution in [3.05, 3.63) is 11.6 Å². The van der Waals surface area contributed by atoms with E-state index in [0.29, 0.717) is 22.3 Å². The largest absolute Gasteiger partial charge is 0.327 e. The molecule has 3 saturated carbocycles. The molecule has 2 N–H and O–H groups in total. The van der Waals surface area contributed by atoms with E-state index >= 15 is 0 Å². The van der Waals surface area contributed by atoms with E-state index in [-0.39, 0.29) is 0 Å². The molecule has 0 saturated heterocycles. The molecule has 25 heavy (non-hydrogen) atoms. The lowest BCUT2D eigenvalue weighted by atomic mass is 9.47. The summed E-state index contributed by atoms with van der Waals surface area (Å²) in [6.07, 6.45) is 15.1. The summed E-state index contributed by atoms with van der Waals surface area (Å²) in [6, 6.07) is 0.423. The van der Waals surface area contributed by atoms with E-state index in [1.165, 1.54) is 57.8 Å². The van der Waals surface area contributed by atoms with Crippen LogP contribution in [0.1, 0.15) is 92.4 Å². The molecule has 0 aromatic rings. The van der Waals surface area contributed by atoms with E-state index in [9.17, 15) is 0 Å². The molecule has 0 amide bonds. The van der Waals surface area contributed by atoms with E-state index in [4.69, 9.17) is 5.73 Å². The van der Waals surface area contributed by atoms with Gasteiger partial charge in [-0.3, -0.25) is 0 Å². The first-order valence-corrected chi connectivity index (χ1v) is 11.1. The molecule has 0 bridgehead atoms. The van der Waals surface area contributed by atoms with E-state index in [1.54, 1.807) is 5.57 Å². The van der Waals surface area contributed by atoms with Crippen LogP contribution in [0.25, 0.3) is 0 Å². The fourth-order valence-corrected chi connectivity index (χ4v) is 7.87. The van der Waals surface area contributed by atoms with Crippen molar-refractivity contribution in [2.45, 2.75) is 98.4 Å². The van der Waals surface area contributed by atoms with Gasteiger partial charge in [0, 0.05) is 6.04 Å². The van der Waals surface area contributed by atoms with Crippen molar-refractivity contribution in [2.75, 3.05) is 0 Å². The molecule has 4 aliphatic rings. The minimum Gasteiger partial charge on any atom is -0.327 e. The zero-order valence-corrected chi connectivity index (χ0v) is 17.4. The summed E-state index contributed by atoms with van der Waals surface area (Å²) in [5.74, 6) is 3.82. The summed E-state index contributed by atoms with van der Waals surface area (Å²) in [5, 5.41) is 0. The third-order valence-electron chi connectivity index (χ3n) is 9.20. The van der Waals surface area contributed by atoms with Crippen LogP contribution in [0.5, 0.6) is 0 Å². The monoisotopic (exact) mass is 343 g/mol. The van der Waals surface area contributed by atoms with E-state index < -0.39 is 0 Å². The Bertz CT molecular complexity index is 555. The molecule has 3 fully saturated rings. The Kier molecular flexibility index (Phi) is 4.23. The van der Waals surface area contributed by atoms with Crippen LogP contribution < -0.4 is 5.73 Å². The number of hydrogen-bond donors (Lipinski definition) is 1. The molecule has 0 spiro atoms. The van der Waals surface area contributed by atoms with Gasteiger partial charge in [-0.2, -0.15) is 0 Å². The van der Waals surface area contributed by atoms with Crippen LogP contribution in [-0.2, 0) is 0 Å². The average molecular weight is 344 g/mol. The zero-order valence-electron chi connectivity index (χ0n) is 17.4. The van der Waals surface area contributed by atoms with Gasteiger partial charge >= 0.3 is 0 Å². The smallest absolute Gasteiger partial charge is 0.00766 e. The topological polar surface area (TPSA) is 26.0 Å². The van der Waals surface area contributed by atoms with Crippen molar-refractivity contribution in [3.63, 3.8) is 0 Å². The molecule has 1 nitrogen and oxygen atoms in total. The maximum Gasteiger partial charge on any atom is 0.00766 e. The van der Waals surface area contributed by atoms with Crippen LogP contribution in [0.3, 0.4) is 0 Å². The van der Waals surface area contributed by atoms with Crippen LogP contribution in [0.2, 0.25) is 0 Å². The van der Waals surface area contributed by atoms with E-state index in [2.05, 4.69) is 40.7 Å². The maximum atomic E-state index is 6.31. The highest BCUT2D eigenvalue weighted by Gasteiger charge is 2.58. The van der Waals surface area contributed by atoms with Gasteiger partial charge in [0.25, 0.3) is 0 Å². The first-order valence-electron chi connectivity index (χ1n) is 11.1. The normalized spacial score (nSPS) is 49.8. The molecule has 0 aliphatic heterocycles. The highest BCUT2D eigenvalue weighted by molar-refractivity contribution is 5.25.